The molecule has 4 heteroatoms. The number of carbonyl (C=O) groups excluding carboxylic acids is 1. The molecular formula is C9H20N2O2. The summed E-state index contributed by atoms with van der Waals surface area (Å²) < 4.78 is 4.95. The minimum Gasteiger partial charge on any atom is -0.383 e. The Hall–Kier alpha value is -0.610. The second kappa shape index (κ2) is 6.86. The normalized spacial score (nSPS) is 15.1. The van der Waals surface area contributed by atoms with Crippen LogP contribution in [0.2, 0.25) is 0 Å². The summed E-state index contributed by atoms with van der Waals surface area (Å²) in [5.41, 5.74) is 5.56. The van der Waals surface area contributed by atoms with Crippen molar-refractivity contribution in [2.75, 3.05) is 13.7 Å². The molecule has 0 aromatic carbocycles. The van der Waals surface area contributed by atoms with Gasteiger partial charge in [0.15, 0.2) is 0 Å². The number of ether oxygens (including phenoxy) is 1. The molecule has 13 heavy (non-hydrogen) atoms. The Morgan fingerprint density at radius 2 is 2.08 bits per heavy atom. The molecule has 0 saturated carbocycles. The standard InChI is InChI=1S/C9H20N2O2/c1-4-7(6-13-3)11-9(12)8(10)5-2/h7-8H,4-6,10H2,1-3H3,(H,11,12)/t7?,8-/m1/s1. The van der Waals surface area contributed by atoms with E-state index in [1.54, 1.807) is 7.11 Å². The van der Waals surface area contributed by atoms with Crippen molar-refractivity contribution in [3.05, 3.63) is 0 Å². The van der Waals surface area contributed by atoms with E-state index in [1.807, 2.05) is 13.8 Å². The predicted octanol–water partition coefficient (Wildman–Crippen LogP) is 0.265. The zero-order valence-corrected chi connectivity index (χ0v) is 8.67. The average Bonchev–Trinajstić information content (AvgIpc) is 2.15. The maximum absolute atomic E-state index is 11.3. The highest BCUT2D eigenvalue weighted by molar-refractivity contribution is 5.81. The highest BCUT2D eigenvalue weighted by Crippen LogP contribution is 1.93. The van der Waals surface area contributed by atoms with Gasteiger partial charge >= 0.3 is 0 Å². The van der Waals surface area contributed by atoms with Gasteiger partial charge in [0.25, 0.3) is 0 Å². The molecule has 0 radical (unpaired) electrons. The molecule has 0 aliphatic rings. The second-order valence-corrected chi connectivity index (χ2v) is 3.08. The number of hydrogen-bond acceptors (Lipinski definition) is 3. The molecule has 0 aromatic heterocycles. The Kier molecular flexibility index (Phi) is 6.54. The van der Waals surface area contributed by atoms with Gasteiger partial charge in [0.2, 0.25) is 5.91 Å². The fourth-order valence-corrected chi connectivity index (χ4v) is 0.956. The van der Waals surface area contributed by atoms with E-state index in [2.05, 4.69) is 5.32 Å². The summed E-state index contributed by atoms with van der Waals surface area (Å²) in [5.74, 6) is -0.0913. The van der Waals surface area contributed by atoms with E-state index >= 15 is 0 Å². The van der Waals surface area contributed by atoms with Gasteiger partial charge in [-0.25, -0.2) is 0 Å². The van der Waals surface area contributed by atoms with Crippen molar-refractivity contribution >= 4 is 5.91 Å². The maximum atomic E-state index is 11.3. The van der Waals surface area contributed by atoms with Crippen LogP contribution in [0, 0.1) is 0 Å². The van der Waals surface area contributed by atoms with Crippen LogP contribution in [0.4, 0.5) is 0 Å². The molecular weight excluding hydrogens is 168 g/mol. The predicted molar refractivity (Wildman–Crippen MR) is 52.4 cm³/mol. The summed E-state index contributed by atoms with van der Waals surface area (Å²) in [6.07, 6.45) is 1.52. The molecule has 0 aromatic rings. The first-order valence-electron chi connectivity index (χ1n) is 4.70. The van der Waals surface area contributed by atoms with Crippen LogP contribution in [0.25, 0.3) is 0 Å². The van der Waals surface area contributed by atoms with E-state index in [9.17, 15) is 4.79 Å². The topological polar surface area (TPSA) is 64.3 Å². The summed E-state index contributed by atoms with van der Waals surface area (Å²) in [6.45, 7) is 4.43. The highest BCUT2D eigenvalue weighted by atomic mass is 16.5. The lowest BCUT2D eigenvalue weighted by molar-refractivity contribution is -0.123. The van der Waals surface area contributed by atoms with E-state index < -0.39 is 6.04 Å². The monoisotopic (exact) mass is 188 g/mol. The van der Waals surface area contributed by atoms with Crippen molar-refractivity contribution < 1.29 is 9.53 Å². The molecule has 0 bridgehead atoms. The Labute approximate surface area is 79.8 Å². The van der Waals surface area contributed by atoms with Crippen molar-refractivity contribution in [3.8, 4) is 0 Å². The van der Waals surface area contributed by atoms with Crippen molar-refractivity contribution in [3.63, 3.8) is 0 Å². The number of methoxy groups -OCH3 is 1. The van der Waals surface area contributed by atoms with Gasteiger partial charge in [-0.15, -0.1) is 0 Å². The first-order chi connectivity index (χ1) is 6.15. The Balaban J connectivity index is 3.85. The number of nitrogens with two attached hydrogens (primary N) is 1. The summed E-state index contributed by atoms with van der Waals surface area (Å²) in [6, 6.07) is -0.319. The van der Waals surface area contributed by atoms with Crippen LogP contribution in [-0.2, 0) is 9.53 Å². The third-order valence-electron chi connectivity index (χ3n) is 1.98. The van der Waals surface area contributed by atoms with Crippen LogP contribution >= 0.6 is 0 Å². The first kappa shape index (κ1) is 12.4. The number of rotatable bonds is 6. The van der Waals surface area contributed by atoms with Gasteiger partial charge in [-0.2, -0.15) is 0 Å². The van der Waals surface area contributed by atoms with Gasteiger partial charge in [0.05, 0.1) is 18.7 Å². The van der Waals surface area contributed by atoms with E-state index in [1.165, 1.54) is 0 Å². The average molecular weight is 188 g/mol. The quantitative estimate of drug-likeness (QED) is 0.628. The minimum absolute atomic E-state index is 0.0788. The largest absolute Gasteiger partial charge is 0.383 e. The van der Waals surface area contributed by atoms with E-state index in [4.69, 9.17) is 10.5 Å². The van der Waals surface area contributed by atoms with Crippen molar-refractivity contribution in [2.24, 2.45) is 5.73 Å². The Bertz CT molecular complexity index is 151. The molecule has 2 atom stereocenters. The van der Waals surface area contributed by atoms with Crippen LogP contribution in [0.1, 0.15) is 26.7 Å². The molecule has 0 fully saturated rings. The molecule has 4 nitrogen and oxygen atoms in total. The molecule has 0 spiro atoms. The van der Waals surface area contributed by atoms with Gasteiger partial charge in [0.1, 0.15) is 0 Å². The fraction of sp³-hybridized carbons (Fsp3) is 0.889. The zero-order chi connectivity index (χ0) is 10.3. The van der Waals surface area contributed by atoms with Crippen LogP contribution in [0.15, 0.2) is 0 Å². The number of hydrogen-bond donors (Lipinski definition) is 2. The van der Waals surface area contributed by atoms with Gasteiger partial charge < -0.3 is 15.8 Å². The summed E-state index contributed by atoms with van der Waals surface area (Å²) in [7, 11) is 1.62. The molecule has 3 N–H and O–H groups in total. The van der Waals surface area contributed by atoms with Gasteiger partial charge in [-0.05, 0) is 12.8 Å². The van der Waals surface area contributed by atoms with E-state index in [0.29, 0.717) is 13.0 Å². The lowest BCUT2D eigenvalue weighted by Crippen LogP contribution is -2.46. The molecule has 1 amide bonds. The zero-order valence-electron chi connectivity index (χ0n) is 8.67. The Morgan fingerprint density at radius 3 is 2.46 bits per heavy atom. The summed E-state index contributed by atoms with van der Waals surface area (Å²) in [4.78, 5) is 11.3. The molecule has 1 unspecified atom stereocenters. The van der Waals surface area contributed by atoms with Crippen molar-refractivity contribution in [1.29, 1.82) is 0 Å². The third kappa shape index (κ3) is 4.85. The molecule has 0 rings (SSSR count). The highest BCUT2D eigenvalue weighted by Gasteiger charge is 2.14. The van der Waals surface area contributed by atoms with Gasteiger partial charge in [-0.3, -0.25) is 4.79 Å². The molecule has 78 valence electrons. The maximum Gasteiger partial charge on any atom is 0.237 e. The van der Waals surface area contributed by atoms with Gasteiger partial charge in [0, 0.05) is 7.11 Å². The summed E-state index contributed by atoms with van der Waals surface area (Å²) >= 11 is 0. The molecule has 0 heterocycles. The second-order valence-electron chi connectivity index (χ2n) is 3.08. The van der Waals surface area contributed by atoms with Crippen molar-refractivity contribution in [2.45, 2.75) is 38.8 Å². The fourth-order valence-electron chi connectivity index (χ4n) is 0.956. The van der Waals surface area contributed by atoms with Crippen molar-refractivity contribution in [1.82, 2.24) is 5.32 Å². The van der Waals surface area contributed by atoms with E-state index in [-0.39, 0.29) is 11.9 Å². The van der Waals surface area contributed by atoms with E-state index in [0.717, 1.165) is 6.42 Å². The third-order valence-corrected chi connectivity index (χ3v) is 1.98. The van der Waals surface area contributed by atoms with Gasteiger partial charge in [-0.1, -0.05) is 13.8 Å². The lowest BCUT2D eigenvalue weighted by Gasteiger charge is -2.18. The number of nitrogens with one attached hydrogen (secondary N) is 1. The van der Waals surface area contributed by atoms with Crippen LogP contribution < -0.4 is 11.1 Å². The first-order valence-corrected chi connectivity index (χ1v) is 4.70. The number of amides is 1. The minimum atomic E-state index is -0.397. The Morgan fingerprint density at radius 1 is 1.46 bits per heavy atom. The molecule has 0 saturated heterocycles. The SMILES string of the molecule is CCC(COC)NC(=O)[C@H](N)CC. The smallest absolute Gasteiger partial charge is 0.237 e. The molecule has 0 aliphatic heterocycles. The van der Waals surface area contributed by atoms with Crippen LogP contribution in [0.5, 0.6) is 0 Å². The van der Waals surface area contributed by atoms with Crippen LogP contribution in [-0.4, -0.2) is 31.7 Å². The lowest BCUT2D eigenvalue weighted by atomic mass is 10.2. The van der Waals surface area contributed by atoms with Crippen LogP contribution in [0.3, 0.4) is 0 Å². The summed E-state index contributed by atoms with van der Waals surface area (Å²) in [5, 5.41) is 2.83. The molecule has 0 aliphatic carbocycles. The number of carbonyl (C=O) groups is 1.